The van der Waals surface area contributed by atoms with Crippen LogP contribution in [0.25, 0.3) is 0 Å². The average Bonchev–Trinajstić information content (AvgIpc) is 2.93. The van der Waals surface area contributed by atoms with E-state index in [0.717, 1.165) is 6.42 Å². The molecule has 1 aromatic rings. The number of hydrogen-bond acceptors (Lipinski definition) is 4. The van der Waals surface area contributed by atoms with Gasteiger partial charge in [0.05, 0.1) is 5.56 Å². The zero-order chi connectivity index (χ0) is 17.0. The first-order valence-electron chi connectivity index (χ1n) is 6.98. The summed E-state index contributed by atoms with van der Waals surface area (Å²) in [5, 5.41) is 9.83. The van der Waals surface area contributed by atoms with Gasteiger partial charge in [0.15, 0.2) is 5.82 Å². The third-order valence-electron chi connectivity index (χ3n) is 4.06. The molecule has 23 heavy (non-hydrogen) atoms. The number of aromatic hydroxyl groups is 1. The molecule has 1 aliphatic heterocycles. The lowest BCUT2D eigenvalue weighted by molar-refractivity contribution is -0.117. The van der Waals surface area contributed by atoms with Crippen molar-refractivity contribution in [3.05, 3.63) is 23.5 Å². The van der Waals surface area contributed by atoms with Gasteiger partial charge in [0, 0.05) is 5.92 Å². The molecule has 1 aromatic carbocycles. The van der Waals surface area contributed by atoms with Gasteiger partial charge in [-0.25, -0.2) is 13.4 Å². The Morgan fingerprint density at radius 2 is 2.09 bits per heavy atom. The second kappa shape index (κ2) is 4.86. The summed E-state index contributed by atoms with van der Waals surface area (Å²) in [6.45, 7) is 3.53. The second-order valence-electron chi connectivity index (χ2n) is 6.35. The zero-order valence-electron chi connectivity index (χ0n) is 12.6. The Hall–Kier alpha value is -2.27. The second-order valence-corrected chi connectivity index (χ2v) is 7.94. The molecule has 8 heteroatoms. The van der Waals surface area contributed by atoms with Gasteiger partial charge in [0.1, 0.15) is 18.0 Å². The predicted octanol–water partition coefficient (Wildman–Crippen LogP) is 1.11. The highest BCUT2D eigenvalue weighted by atomic mass is 32.2. The lowest BCUT2D eigenvalue weighted by atomic mass is 10.1. The Bertz CT molecular complexity index is 867. The maximum atomic E-state index is 14.6. The van der Waals surface area contributed by atoms with Crippen LogP contribution in [0.1, 0.15) is 25.8 Å². The van der Waals surface area contributed by atoms with Crippen molar-refractivity contribution in [2.45, 2.75) is 20.3 Å². The molecular formula is C15H15FN2O4S. The largest absolute Gasteiger partial charge is 0.506 e. The number of amides is 1. The molecule has 3 rings (SSSR count). The van der Waals surface area contributed by atoms with E-state index in [1.54, 1.807) is 4.72 Å². The molecule has 122 valence electrons. The molecule has 0 radical (unpaired) electrons. The summed E-state index contributed by atoms with van der Waals surface area (Å²) in [6, 6.07) is 2.45. The van der Waals surface area contributed by atoms with Crippen molar-refractivity contribution < 1.29 is 22.7 Å². The Balaban J connectivity index is 2.02. The van der Waals surface area contributed by atoms with E-state index in [4.69, 9.17) is 0 Å². The smallest absolute Gasteiger partial charge is 0.326 e. The lowest BCUT2D eigenvalue weighted by Gasteiger charge is -2.17. The molecule has 1 saturated heterocycles. The normalized spacial score (nSPS) is 23.9. The minimum absolute atomic E-state index is 0.0185. The highest BCUT2D eigenvalue weighted by Crippen LogP contribution is 2.51. The molecule has 2 aliphatic rings. The van der Waals surface area contributed by atoms with E-state index in [0.29, 0.717) is 4.31 Å². The molecule has 2 N–H and O–H groups in total. The average molecular weight is 338 g/mol. The zero-order valence-corrected chi connectivity index (χ0v) is 13.4. The summed E-state index contributed by atoms with van der Waals surface area (Å²) < 4.78 is 40.5. The SMILES string of the molecule is CC1(C)CC1C#Cc1ccc(O)c(N2CC(=O)NS2(=O)=O)c1F. The van der Waals surface area contributed by atoms with Crippen LogP contribution in [0.5, 0.6) is 5.75 Å². The Labute approximate surface area is 133 Å². The predicted molar refractivity (Wildman–Crippen MR) is 81.2 cm³/mol. The Morgan fingerprint density at radius 3 is 2.61 bits per heavy atom. The minimum atomic E-state index is -4.20. The van der Waals surface area contributed by atoms with E-state index in [1.165, 1.54) is 12.1 Å². The van der Waals surface area contributed by atoms with Crippen LogP contribution in [0.2, 0.25) is 0 Å². The van der Waals surface area contributed by atoms with E-state index in [2.05, 4.69) is 25.7 Å². The van der Waals surface area contributed by atoms with Gasteiger partial charge in [0.2, 0.25) is 0 Å². The van der Waals surface area contributed by atoms with Crippen LogP contribution in [0.3, 0.4) is 0 Å². The molecule has 6 nitrogen and oxygen atoms in total. The van der Waals surface area contributed by atoms with Crippen LogP contribution >= 0.6 is 0 Å². The van der Waals surface area contributed by atoms with Crippen molar-refractivity contribution in [2.24, 2.45) is 11.3 Å². The van der Waals surface area contributed by atoms with Gasteiger partial charge >= 0.3 is 10.2 Å². The number of carbonyl (C=O) groups excluding carboxylic acids is 1. The minimum Gasteiger partial charge on any atom is -0.506 e. The molecule has 0 spiro atoms. The lowest BCUT2D eigenvalue weighted by Crippen LogP contribution is -2.30. The van der Waals surface area contributed by atoms with Crippen LogP contribution in [0.15, 0.2) is 12.1 Å². The maximum absolute atomic E-state index is 14.6. The van der Waals surface area contributed by atoms with E-state index < -0.39 is 39.9 Å². The number of nitrogens with zero attached hydrogens (tertiary/aromatic N) is 1. The number of anilines is 1. The quantitative estimate of drug-likeness (QED) is 0.751. The number of phenols is 1. The van der Waals surface area contributed by atoms with Gasteiger partial charge in [-0.15, -0.1) is 0 Å². The molecule has 1 heterocycles. The van der Waals surface area contributed by atoms with Gasteiger partial charge in [0.25, 0.3) is 5.91 Å². The fourth-order valence-corrected chi connectivity index (χ4v) is 3.58. The number of carbonyl (C=O) groups is 1. The Kier molecular flexibility index (Phi) is 3.30. The first-order chi connectivity index (χ1) is 10.6. The van der Waals surface area contributed by atoms with Crippen molar-refractivity contribution in [3.63, 3.8) is 0 Å². The third kappa shape index (κ3) is 2.72. The van der Waals surface area contributed by atoms with E-state index >= 15 is 0 Å². The number of nitrogens with one attached hydrogen (secondary N) is 1. The van der Waals surface area contributed by atoms with Gasteiger partial charge < -0.3 is 5.11 Å². The highest BCUT2D eigenvalue weighted by Gasteiger charge is 2.44. The molecule has 0 aromatic heterocycles. The summed E-state index contributed by atoms with van der Waals surface area (Å²) in [6.07, 6.45) is 0.922. The number of phenolic OH excluding ortho intramolecular Hbond substituents is 1. The number of halogens is 1. The standard InChI is InChI=1S/C15H15FN2O4S/c1-15(2)7-10(15)5-3-9-4-6-11(19)14(13(9)16)18-8-12(20)17-23(18,21)22/h4,6,10,19H,7-8H2,1-2H3,(H,17,20). The van der Waals surface area contributed by atoms with Gasteiger partial charge in [-0.05, 0) is 24.0 Å². The number of hydrogen-bond donors (Lipinski definition) is 2. The van der Waals surface area contributed by atoms with Crippen molar-refractivity contribution >= 4 is 21.8 Å². The topological polar surface area (TPSA) is 86.7 Å². The third-order valence-corrected chi connectivity index (χ3v) is 5.44. The molecule has 1 saturated carbocycles. The Morgan fingerprint density at radius 1 is 1.43 bits per heavy atom. The summed E-state index contributed by atoms with van der Waals surface area (Å²) in [7, 11) is -4.20. The van der Waals surface area contributed by atoms with Crippen LogP contribution < -0.4 is 9.03 Å². The fraction of sp³-hybridized carbons (Fsp3) is 0.400. The maximum Gasteiger partial charge on any atom is 0.326 e. The molecule has 1 unspecified atom stereocenters. The summed E-state index contributed by atoms with van der Waals surface area (Å²) >= 11 is 0. The van der Waals surface area contributed by atoms with E-state index in [-0.39, 0.29) is 16.9 Å². The molecule has 1 aliphatic carbocycles. The molecule has 2 fully saturated rings. The number of rotatable bonds is 1. The van der Waals surface area contributed by atoms with Crippen molar-refractivity contribution in [2.75, 3.05) is 10.8 Å². The van der Waals surface area contributed by atoms with Crippen molar-refractivity contribution in [1.82, 2.24) is 4.72 Å². The highest BCUT2D eigenvalue weighted by molar-refractivity contribution is 7.92. The van der Waals surface area contributed by atoms with Crippen molar-refractivity contribution in [3.8, 4) is 17.6 Å². The van der Waals surface area contributed by atoms with Gasteiger partial charge in [-0.1, -0.05) is 25.7 Å². The molecule has 1 atom stereocenters. The van der Waals surface area contributed by atoms with Gasteiger partial charge in [-0.3, -0.25) is 4.79 Å². The van der Waals surface area contributed by atoms with Crippen LogP contribution in [-0.4, -0.2) is 26.0 Å². The first kappa shape index (κ1) is 15.6. The van der Waals surface area contributed by atoms with Crippen LogP contribution in [0, 0.1) is 29.0 Å². The van der Waals surface area contributed by atoms with E-state index in [1.807, 2.05) is 0 Å². The summed E-state index contributed by atoms with van der Waals surface area (Å²) in [4.78, 5) is 11.3. The van der Waals surface area contributed by atoms with Crippen LogP contribution in [0.4, 0.5) is 10.1 Å². The molecule has 0 bridgehead atoms. The molecular weight excluding hydrogens is 323 g/mol. The monoisotopic (exact) mass is 338 g/mol. The fourth-order valence-electron chi connectivity index (χ4n) is 2.41. The van der Waals surface area contributed by atoms with E-state index in [9.17, 15) is 22.7 Å². The molecule has 1 amide bonds. The van der Waals surface area contributed by atoms with Gasteiger partial charge in [-0.2, -0.15) is 8.42 Å². The first-order valence-corrected chi connectivity index (χ1v) is 8.42. The van der Waals surface area contributed by atoms with Crippen molar-refractivity contribution in [1.29, 1.82) is 0 Å². The number of benzene rings is 1. The summed E-state index contributed by atoms with van der Waals surface area (Å²) in [5.74, 6) is 3.49. The van der Waals surface area contributed by atoms with Crippen LogP contribution in [-0.2, 0) is 15.0 Å². The summed E-state index contributed by atoms with van der Waals surface area (Å²) in [5.41, 5.74) is -0.474.